The van der Waals surface area contributed by atoms with Crippen LogP contribution in [0.4, 0.5) is 0 Å². The van der Waals surface area contributed by atoms with Crippen LogP contribution in [0, 0.1) is 6.92 Å². The van der Waals surface area contributed by atoms with Crippen molar-refractivity contribution in [2.45, 2.75) is 32.6 Å². The zero-order valence-electron chi connectivity index (χ0n) is 15.2. The van der Waals surface area contributed by atoms with Crippen molar-refractivity contribution in [3.63, 3.8) is 0 Å². The molecule has 5 heteroatoms. The Hall–Kier alpha value is -1.66. The summed E-state index contributed by atoms with van der Waals surface area (Å²) >= 11 is 0. The van der Waals surface area contributed by atoms with Gasteiger partial charge in [-0.2, -0.15) is 0 Å². The van der Waals surface area contributed by atoms with Gasteiger partial charge >= 0.3 is 0 Å². The van der Waals surface area contributed by atoms with E-state index >= 15 is 0 Å². The maximum Gasteiger partial charge on any atom is 0.129 e. The molecule has 2 aromatic rings. The zero-order valence-corrected chi connectivity index (χ0v) is 15.2. The van der Waals surface area contributed by atoms with E-state index < -0.39 is 6.10 Å². The molecule has 1 N–H and O–H groups in total. The molecule has 0 aliphatic rings. The quantitative estimate of drug-likeness (QED) is 0.598. The predicted octanol–water partition coefficient (Wildman–Crippen LogP) is 3.00. The van der Waals surface area contributed by atoms with Gasteiger partial charge in [0, 0.05) is 33.4 Å². The van der Waals surface area contributed by atoms with Crippen molar-refractivity contribution in [2.24, 2.45) is 0 Å². The van der Waals surface area contributed by atoms with Crippen LogP contribution in [0.25, 0.3) is 0 Å². The summed E-state index contributed by atoms with van der Waals surface area (Å²) in [7, 11) is 1.71. The molecular weight excluding hydrogens is 318 g/mol. The first kappa shape index (κ1) is 19.7. The summed E-state index contributed by atoms with van der Waals surface area (Å²) in [6, 6.07) is 12.2. The van der Waals surface area contributed by atoms with Crippen molar-refractivity contribution >= 4 is 0 Å². The molecule has 25 heavy (non-hydrogen) atoms. The molecule has 0 amide bonds. The van der Waals surface area contributed by atoms with Gasteiger partial charge in [-0.25, -0.2) is 0 Å². The highest BCUT2D eigenvalue weighted by atomic mass is 16.5. The van der Waals surface area contributed by atoms with Gasteiger partial charge in [0.25, 0.3) is 0 Å². The Bertz CT molecular complexity index is 568. The molecule has 5 nitrogen and oxygen atoms in total. The molecule has 0 aliphatic heterocycles. The number of hydrogen-bond acceptors (Lipinski definition) is 5. The van der Waals surface area contributed by atoms with Crippen molar-refractivity contribution < 1.29 is 19.0 Å². The van der Waals surface area contributed by atoms with Gasteiger partial charge in [0.05, 0.1) is 19.0 Å². The van der Waals surface area contributed by atoms with Crippen LogP contribution < -0.4 is 0 Å². The molecule has 0 unspecified atom stereocenters. The molecule has 0 fully saturated rings. The number of methoxy groups -OCH3 is 1. The zero-order chi connectivity index (χ0) is 17.9. The largest absolute Gasteiger partial charge is 0.467 e. The monoisotopic (exact) mass is 347 g/mol. The van der Waals surface area contributed by atoms with E-state index in [0.717, 1.165) is 31.9 Å². The lowest BCUT2D eigenvalue weighted by Crippen LogP contribution is -2.35. The lowest BCUT2D eigenvalue weighted by atomic mass is 10.1. The smallest absolute Gasteiger partial charge is 0.129 e. The minimum atomic E-state index is -0.539. The van der Waals surface area contributed by atoms with Crippen molar-refractivity contribution in [3.8, 4) is 0 Å². The fourth-order valence-electron chi connectivity index (χ4n) is 2.66. The number of hydrogen-bond donors (Lipinski definition) is 1. The van der Waals surface area contributed by atoms with Crippen LogP contribution in [0.2, 0.25) is 0 Å². The van der Waals surface area contributed by atoms with E-state index in [1.54, 1.807) is 13.4 Å². The van der Waals surface area contributed by atoms with Crippen LogP contribution in [0.3, 0.4) is 0 Å². The number of aliphatic hydroxyl groups excluding tert-OH is 1. The van der Waals surface area contributed by atoms with E-state index in [0.29, 0.717) is 13.2 Å². The minimum Gasteiger partial charge on any atom is -0.467 e. The number of furan rings is 1. The van der Waals surface area contributed by atoms with Crippen molar-refractivity contribution in [3.05, 3.63) is 59.5 Å². The number of ether oxygens (including phenoxy) is 2. The topological polar surface area (TPSA) is 55.1 Å². The average molecular weight is 347 g/mol. The Morgan fingerprint density at radius 3 is 2.68 bits per heavy atom. The lowest BCUT2D eigenvalue weighted by Gasteiger charge is -2.25. The molecular formula is C20H29NO4. The second-order valence-corrected chi connectivity index (χ2v) is 6.32. The van der Waals surface area contributed by atoms with E-state index in [2.05, 4.69) is 36.1 Å². The molecule has 1 atom stereocenters. The lowest BCUT2D eigenvalue weighted by molar-refractivity contribution is 0.00281. The maximum absolute atomic E-state index is 10.3. The molecule has 0 aliphatic carbocycles. The standard InChI is InChI=1S/C20H29NO4/c1-17-6-8-18(9-7-17)13-21(10-4-11-23-2)14-19(22)15-24-16-20-5-3-12-25-20/h3,5-9,12,19,22H,4,10-11,13-16H2,1-2H3/t19-/m0/s1. The van der Waals surface area contributed by atoms with Gasteiger partial charge in [0.1, 0.15) is 12.4 Å². The first-order valence-corrected chi connectivity index (χ1v) is 8.72. The predicted molar refractivity (Wildman–Crippen MR) is 97.3 cm³/mol. The van der Waals surface area contributed by atoms with Crippen LogP contribution >= 0.6 is 0 Å². The van der Waals surface area contributed by atoms with Crippen molar-refractivity contribution in [2.75, 3.05) is 33.4 Å². The van der Waals surface area contributed by atoms with E-state index in [1.165, 1.54) is 11.1 Å². The molecule has 1 aromatic heterocycles. The van der Waals surface area contributed by atoms with Crippen LogP contribution in [0.1, 0.15) is 23.3 Å². The number of nitrogens with zero attached hydrogens (tertiary/aromatic N) is 1. The Morgan fingerprint density at radius 1 is 1.20 bits per heavy atom. The van der Waals surface area contributed by atoms with Gasteiger partial charge in [0.2, 0.25) is 0 Å². The van der Waals surface area contributed by atoms with E-state index in [-0.39, 0.29) is 6.61 Å². The van der Waals surface area contributed by atoms with Crippen molar-refractivity contribution in [1.29, 1.82) is 0 Å². The molecule has 0 saturated carbocycles. The van der Waals surface area contributed by atoms with Crippen molar-refractivity contribution in [1.82, 2.24) is 4.90 Å². The minimum absolute atomic E-state index is 0.287. The summed E-state index contributed by atoms with van der Waals surface area (Å²) < 4.78 is 15.9. The molecule has 0 bridgehead atoms. The summed E-state index contributed by atoms with van der Waals surface area (Å²) in [5.74, 6) is 0.767. The molecule has 138 valence electrons. The van der Waals surface area contributed by atoms with Gasteiger partial charge in [0.15, 0.2) is 0 Å². The summed E-state index contributed by atoms with van der Waals surface area (Å²) in [6.07, 6.45) is 2.01. The second-order valence-electron chi connectivity index (χ2n) is 6.32. The molecule has 0 spiro atoms. The average Bonchev–Trinajstić information content (AvgIpc) is 3.10. The first-order valence-electron chi connectivity index (χ1n) is 8.72. The number of benzene rings is 1. The van der Waals surface area contributed by atoms with Gasteiger partial charge < -0.3 is 19.0 Å². The SMILES string of the molecule is COCCCN(Cc1ccc(C)cc1)C[C@H](O)COCc1ccco1. The Labute approximate surface area is 150 Å². The highest BCUT2D eigenvalue weighted by Gasteiger charge is 2.13. The van der Waals surface area contributed by atoms with Crippen LogP contribution in [0.15, 0.2) is 47.1 Å². The van der Waals surface area contributed by atoms with Gasteiger partial charge in [-0.1, -0.05) is 29.8 Å². The van der Waals surface area contributed by atoms with Gasteiger partial charge in [-0.3, -0.25) is 4.90 Å². The highest BCUT2D eigenvalue weighted by Crippen LogP contribution is 2.09. The Kier molecular flexibility index (Phi) is 8.69. The number of aliphatic hydroxyl groups is 1. The molecule has 1 aromatic carbocycles. The van der Waals surface area contributed by atoms with Crippen LogP contribution in [0.5, 0.6) is 0 Å². The first-order chi connectivity index (χ1) is 12.2. The Balaban J connectivity index is 1.79. The van der Waals surface area contributed by atoms with Gasteiger partial charge in [-0.05, 0) is 31.0 Å². The third-order valence-corrected chi connectivity index (χ3v) is 3.95. The highest BCUT2D eigenvalue weighted by molar-refractivity contribution is 5.21. The summed E-state index contributed by atoms with van der Waals surface area (Å²) in [5, 5.41) is 10.3. The molecule has 0 saturated heterocycles. The summed E-state index contributed by atoms with van der Waals surface area (Å²) in [6.45, 7) is 5.71. The van der Waals surface area contributed by atoms with E-state index in [9.17, 15) is 5.11 Å². The molecule has 0 radical (unpaired) electrons. The third kappa shape index (κ3) is 7.84. The number of rotatable bonds is 12. The molecule has 2 rings (SSSR count). The fourth-order valence-corrected chi connectivity index (χ4v) is 2.66. The maximum atomic E-state index is 10.3. The normalized spacial score (nSPS) is 12.6. The Morgan fingerprint density at radius 2 is 2.00 bits per heavy atom. The van der Waals surface area contributed by atoms with Crippen LogP contribution in [-0.4, -0.2) is 49.5 Å². The van der Waals surface area contributed by atoms with Crippen LogP contribution in [-0.2, 0) is 22.6 Å². The van der Waals surface area contributed by atoms with Gasteiger partial charge in [-0.15, -0.1) is 0 Å². The molecule has 1 heterocycles. The van der Waals surface area contributed by atoms with E-state index in [1.807, 2.05) is 12.1 Å². The summed E-state index contributed by atoms with van der Waals surface area (Å²) in [4.78, 5) is 2.24. The summed E-state index contributed by atoms with van der Waals surface area (Å²) in [5.41, 5.74) is 2.49. The second kappa shape index (κ2) is 11.1. The fraction of sp³-hybridized carbons (Fsp3) is 0.500. The third-order valence-electron chi connectivity index (χ3n) is 3.95. The number of aryl methyl sites for hydroxylation is 1. The van der Waals surface area contributed by atoms with E-state index in [4.69, 9.17) is 13.9 Å².